The summed E-state index contributed by atoms with van der Waals surface area (Å²) in [5, 5.41) is 3.34. The Morgan fingerprint density at radius 3 is 2.47 bits per heavy atom. The topological polar surface area (TPSA) is 24.4 Å². The number of nitrogens with one attached hydrogen (secondary N) is 1. The molecule has 0 saturated carbocycles. The first-order chi connectivity index (χ1) is 7.36. The molecule has 2 nitrogen and oxygen atoms in total. The molecule has 1 rings (SSSR count). The van der Waals surface area contributed by atoms with E-state index in [9.17, 15) is 0 Å². The third-order valence-electron chi connectivity index (χ3n) is 2.08. The van der Waals surface area contributed by atoms with E-state index in [-0.39, 0.29) is 0 Å². The largest absolute Gasteiger partial charge is 0.385 e. The summed E-state index contributed by atoms with van der Waals surface area (Å²) in [6.07, 6.45) is 4.19. The Balaban J connectivity index is 2.48. The zero-order chi connectivity index (χ0) is 10.9. The van der Waals surface area contributed by atoms with Crippen LogP contribution in [-0.4, -0.2) is 19.3 Å². The average Bonchev–Trinajstić information content (AvgIpc) is 2.28. The molecule has 0 aliphatic carbocycles. The summed E-state index contributed by atoms with van der Waals surface area (Å²) in [5.74, 6) is 0. The Morgan fingerprint density at radius 2 is 1.87 bits per heavy atom. The van der Waals surface area contributed by atoms with Crippen LogP contribution in [-0.2, 0) is 0 Å². The molecule has 0 saturated heterocycles. The Morgan fingerprint density at radius 1 is 1.13 bits per heavy atom. The van der Waals surface area contributed by atoms with Gasteiger partial charge in [-0.05, 0) is 30.5 Å². The molecule has 0 amide bonds. The van der Waals surface area contributed by atoms with E-state index in [1.165, 1.54) is 11.3 Å². The summed E-state index contributed by atoms with van der Waals surface area (Å²) >= 11 is 0. The molecule has 2 heteroatoms. The maximum atomic E-state index is 4.31. The van der Waals surface area contributed by atoms with Gasteiger partial charge in [0, 0.05) is 25.0 Å². The zero-order valence-electron chi connectivity index (χ0n) is 9.66. The Hall–Kier alpha value is -1.31. The minimum absolute atomic E-state index is 0.913. The summed E-state index contributed by atoms with van der Waals surface area (Å²) in [6.45, 7) is 6.24. The van der Waals surface area contributed by atoms with Gasteiger partial charge in [-0.3, -0.25) is 4.99 Å². The molecule has 0 spiro atoms. The van der Waals surface area contributed by atoms with Crippen molar-refractivity contribution in [3.05, 3.63) is 29.8 Å². The standard InChI is InChI=1S/C13H20N2/c1-3-9-14-11-12-5-7-13(8-6-12)15-10-4-2/h5-8,11,15H,3-4,9-10H2,1-2H3. The second-order valence-electron chi connectivity index (χ2n) is 3.58. The van der Waals surface area contributed by atoms with Crippen LogP contribution in [0.1, 0.15) is 32.3 Å². The Kier molecular flexibility index (Phi) is 5.52. The normalized spacial score (nSPS) is 10.8. The molecular weight excluding hydrogens is 184 g/mol. The van der Waals surface area contributed by atoms with Crippen LogP contribution >= 0.6 is 0 Å². The first kappa shape index (κ1) is 11.8. The van der Waals surface area contributed by atoms with E-state index in [4.69, 9.17) is 0 Å². The maximum absolute atomic E-state index is 4.31. The molecule has 0 aromatic heterocycles. The van der Waals surface area contributed by atoms with Gasteiger partial charge in [-0.15, -0.1) is 0 Å². The van der Waals surface area contributed by atoms with Crippen molar-refractivity contribution in [1.82, 2.24) is 0 Å². The quantitative estimate of drug-likeness (QED) is 0.706. The van der Waals surface area contributed by atoms with E-state index in [2.05, 4.69) is 48.4 Å². The average molecular weight is 204 g/mol. The number of nitrogens with zero attached hydrogens (tertiary/aromatic N) is 1. The molecule has 0 bridgehead atoms. The van der Waals surface area contributed by atoms with Gasteiger partial charge in [0.05, 0.1) is 0 Å². The predicted octanol–water partition coefficient (Wildman–Crippen LogP) is 3.34. The molecule has 1 aromatic carbocycles. The summed E-state index contributed by atoms with van der Waals surface area (Å²) in [6, 6.07) is 8.39. The minimum atomic E-state index is 0.913. The van der Waals surface area contributed by atoms with Gasteiger partial charge in [0.25, 0.3) is 0 Å². The van der Waals surface area contributed by atoms with Crippen molar-refractivity contribution in [3.8, 4) is 0 Å². The van der Waals surface area contributed by atoms with Crippen LogP contribution in [0.4, 0.5) is 5.69 Å². The second kappa shape index (κ2) is 7.04. The Bertz CT molecular complexity index is 288. The first-order valence-electron chi connectivity index (χ1n) is 5.70. The van der Waals surface area contributed by atoms with Crippen LogP contribution in [0.2, 0.25) is 0 Å². The highest BCUT2D eigenvalue weighted by Crippen LogP contribution is 2.07. The van der Waals surface area contributed by atoms with Crippen molar-refractivity contribution in [2.24, 2.45) is 4.99 Å². The minimum Gasteiger partial charge on any atom is -0.385 e. The van der Waals surface area contributed by atoms with Gasteiger partial charge in [-0.25, -0.2) is 0 Å². The molecule has 0 fully saturated rings. The fraction of sp³-hybridized carbons (Fsp3) is 0.462. The molecule has 15 heavy (non-hydrogen) atoms. The molecule has 82 valence electrons. The van der Waals surface area contributed by atoms with Crippen molar-refractivity contribution in [2.45, 2.75) is 26.7 Å². The lowest BCUT2D eigenvalue weighted by Crippen LogP contribution is -1.99. The highest BCUT2D eigenvalue weighted by Gasteiger charge is 1.90. The molecule has 0 aliphatic rings. The maximum Gasteiger partial charge on any atom is 0.0386 e. The van der Waals surface area contributed by atoms with Crippen LogP contribution in [0.25, 0.3) is 0 Å². The smallest absolute Gasteiger partial charge is 0.0386 e. The number of anilines is 1. The molecule has 0 radical (unpaired) electrons. The fourth-order valence-electron chi connectivity index (χ4n) is 1.26. The molecule has 0 heterocycles. The van der Waals surface area contributed by atoms with Crippen molar-refractivity contribution >= 4 is 11.9 Å². The number of rotatable bonds is 6. The van der Waals surface area contributed by atoms with Gasteiger partial charge in [-0.1, -0.05) is 26.0 Å². The lowest BCUT2D eigenvalue weighted by molar-refractivity contribution is 0.937. The molecule has 0 atom stereocenters. The van der Waals surface area contributed by atoms with Gasteiger partial charge < -0.3 is 5.32 Å². The van der Waals surface area contributed by atoms with E-state index < -0.39 is 0 Å². The van der Waals surface area contributed by atoms with Crippen LogP contribution in [0.3, 0.4) is 0 Å². The van der Waals surface area contributed by atoms with E-state index in [0.717, 1.165) is 25.9 Å². The number of benzene rings is 1. The van der Waals surface area contributed by atoms with E-state index in [1.54, 1.807) is 0 Å². The predicted molar refractivity (Wildman–Crippen MR) is 68.0 cm³/mol. The van der Waals surface area contributed by atoms with E-state index in [1.807, 2.05) is 6.21 Å². The summed E-state index contributed by atoms with van der Waals surface area (Å²) in [4.78, 5) is 4.31. The first-order valence-corrected chi connectivity index (χ1v) is 5.70. The van der Waals surface area contributed by atoms with Gasteiger partial charge in [0.1, 0.15) is 0 Å². The molecular formula is C13H20N2. The van der Waals surface area contributed by atoms with Crippen molar-refractivity contribution in [2.75, 3.05) is 18.4 Å². The highest BCUT2D eigenvalue weighted by molar-refractivity contribution is 5.80. The zero-order valence-corrected chi connectivity index (χ0v) is 9.66. The lowest BCUT2D eigenvalue weighted by Gasteiger charge is -2.03. The van der Waals surface area contributed by atoms with Crippen molar-refractivity contribution in [1.29, 1.82) is 0 Å². The third kappa shape index (κ3) is 4.63. The lowest BCUT2D eigenvalue weighted by atomic mass is 10.2. The van der Waals surface area contributed by atoms with Crippen molar-refractivity contribution in [3.63, 3.8) is 0 Å². The van der Waals surface area contributed by atoms with Crippen LogP contribution in [0, 0.1) is 0 Å². The van der Waals surface area contributed by atoms with Crippen LogP contribution in [0.5, 0.6) is 0 Å². The second-order valence-corrected chi connectivity index (χ2v) is 3.58. The van der Waals surface area contributed by atoms with Gasteiger partial charge in [0.2, 0.25) is 0 Å². The molecule has 1 aromatic rings. The molecule has 0 unspecified atom stereocenters. The monoisotopic (exact) mass is 204 g/mol. The molecule has 0 aliphatic heterocycles. The number of aliphatic imine (C=N–C) groups is 1. The summed E-state index contributed by atoms with van der Waals surface area (Å²) in [5.41, 5.74) is 2.36. The van der Waals surface area contributed by atoms with E-state index in [0.29, 0.717) is 0 Å². The van der Waals surface area contributed by atoms with Crippen molar-refractivity contribution < 1.29 is 0 Å². The van der Waals surface area contributed by atoms with Crippen LogP contribution < -0.4 is 5.32 Å². The van der Waals surface area contributed by atoms with Gasteiger partial charge >= 0.3 is 0 Å². The number of hydrogen-bond donors (Lipinski definition) is 1. The van der Waals surface area contributed by atoms with E-state index >= 15 is 0 Å². The summed E-state index contributed by atoms with van der Waals surface area (Å²) < 4.78 is 0. The van der Waals surface area contributed by atoms with Gasteiger partial charge in [-0.2, -0.15) is 0 Å². The third-order valence-corrected chi connectivity index (χ3v) is 2.08. The molecule has 1 N–H and O–H groups in total. The Labute approximate surface area is 92.4 Å². The summed E-state index contributed by atoms with van der Waals surface area (Å²) in [7, 11) is 0. The fourth-order valence-corrected chi connectivity index (χ4v) is 1.26. The number of hydrogen-bond acceptors (Lipinski definition) is 2. The SMILES string of the molecule is CCCN=Cc1ccc(NCCC)cc1. The van der Waals surface area contributed by atoms with Gasteiger partial charge in [0.15, 0.2) is 0 Å². The van der Waals surface area contributed by atoms with Crippen LogP contribution in [0.15, 0.2) is 29.3 Å². The highest BCUT2D eigenvalue weighted by atomic mass is 14.9.